The van der Waals surface area contributed by atoms with Gasteiger partial charge in [0.05, 0.1) is 22.4 Å². The van der Waals surface area contributed by atoms with Crippen LogP contribution in [0, 0.1) is 13.8 Å². The normalized spacial score (nSPS) is 16.4. The number of nitrogens with one attached hydrogen (secondary N) is 6. The van der Waals surface area contributed by atoms with Gasteiger partial charge in [0.1, 0.15) is 22.9 Å². The van der Waals surface area contributed by atoms with Crippen molar-refractivity contribution in [3.8, 4) is 11.5 Å². The average molecular weight is 747 g/mol. The van der Waals surface area contributed by atoms with Gasteiger partial charge >= 0.3 is 6.03 Å². The molecular weight excluding hydrogens is 709 g/mol. The van der Waals surface area contributed by atoms with Crippen LogP contribution >= 0.6 is 0 Å². The summed E-state index contributed by atoms with van der Waals surface area (Å²) in [7, 11) is 0. The van der Waals surface area contributed by atoms with Gasteiger partial charge in [0.15, 0.2) is 0 Å². The average Bonchev–Trinajstić information content (AvgIpc) is 4.02. The number of benzene rings is 4. The Labute approximate surface area is 319 Å². The van der Waals surface area contributed by atoms with Gasteiger partial charge in [-0.05, 0) is 84.6 Å². The number of hydrogen-bond acceptors (Lipinski definition) is 5. The maximum Gasteiger partial charge on any atom is 0.323 e. The van der Waals surface area contributed by atoms with Crippen molar-refractivity contribution in [1.29, 1.82) is 0 Å². The number of carbonyl (C=O) groups is 3. The van der Waals surface area contributed by atoms with Gasteiger partial charge in [0.25, 0.3) is 11.8 Å². The highest BCUT2D eigenvalue weighted by atomic mass is 16.3. The lowest BCUT2D eigenvalue weighted by Gasteiger charge is -2.17. The molecule has 6 heterocycles. The molecule has 13 nitrogen and oxygen atoms in total. The maximum atomic E-state index is 13.9. The lowest BCUT2D eigenvalue weighted by Crippen LogP contribution is -2.29. The number of aromatic amines is 4. The van der Waals surface area contributed by atoms with Gasteiger partial charge in [0.2, 0.25) is 0 Å². The van der Waals surface area contributed by atoms with E-state index in [1.165, 1.54) is 0 Å². The molecule has 0 fully saturated rings. The van der Waals surface area contributed by atoms with Crippen molar-refractivity contribution in [2.24, 2.45) is 0 Å². The van der Waals surface area contributed by atoms with E-state index in [0.717, 1.165) is 54.8 Å². The minimum atomic E-state index is -0.454. The van der Waals surface area contributed by atoms with Crippen molar-refractivity contribution in [2.45, 2.75) is 39.5 Å². The predicted octanol–water partition coefficient (Wildman–Crippen LogP) is 8.81. The van der Waals surface area contributed by atoms with Gasteiger partial charge in [-0.25, -0.2) is 4.79 Å². The van der Waals surface area contributed by atoms with Crippen LogP contribution in [0.3, 0.4) is 0 Å². The molecule has 4 aromatic carbocycles. The fourth-order valence-corrected chi connectivity index (χ4v) is 8.95. The summed E-state index contributed by atoms with van der Waals surface area (Å²) < 4.78 is 0. The number of aromatic nitrogens is 4. The zero-order valence-electron chi connectivity index (χ0n) is 31.0. The molecule has 280 valence electrons. The molecule has 8 aromatic rings. The van der Waals surface area contributed by atoms with Crippen molar-refractivity contribution >= 4 is 84.2 Å². The van der Waals surface area contributed by atoms with Crippen molar-refractivity contribution in [2.75, 3.05) is 33.5 Å². The minimum absolute atomic E-state index is 0.0852. The fourth-order valence-electron chi connectivity index (χ4n) is 8.95. The van der Waals surface area contributed by atoms with Gasteiger partial charge < -0.3 is 50.6 Å². The van der Waals surface area contributed by atoms with Crippen LogP contribution in [-0.4, -0.2) is 61.1 Å². The van der Waals surface area contributed by atoms with Crippen molar-refractivity contribution in [3.05, 3.63) is 107 Å². The summed E-state index contributed by atoms with van der Waals surface area (Å²) in [5, 5.41) is 30.7. The molecule has 0 bridgehead atoms. The van der Waals surface area contributed by atoms with Gasteiger partial charge in [-0.2, -0.15) is 0 Å². The molecule has 0 radical (unpaired) electrons. The first-order valence-electron chi connectivity index (χ1n) is 18.6. The molecule has 56 heavy (non-hydrogen) atoms. The second-order valence-electron chi connectivity index (χ2n) is 15.3. The van der Waals surface area contributed by atoms with Crippen LogP contribution in [0.2, 0.25) is 0 Å². The van der Waals surface area contributed by atoms with Crippen molar-refractivity contribution in [3.63, 3.8) is 0 Å². The van der Waals surface area contributed by atoms with Crippen LogP contribution in [-0.2, 0) is 0 Å². The number of nitrogens with zero attached hydrogens (tertiary/aromatic N) is 2. The van der Waals surface area contributed by atoms with Crippen LogP contribution in [0.4, 0.5) is 27.5 Å². The number of hydrogen-bond donors (Lipinski definition) is 8. The zero-order chi connectivity index (χ0) is 38.7. The van der Waals surface area contributed by atoms with E-state index in [0.29, 0.717) is 58.3 Å². The third-order valence-electron chi connectivity index (χ3n) is 11.5. The summed E-state index contributed by atoms with van der Waals surface area (Å²) in [6.45, 7) is 9.12. The topological polar surface area (TPSA) is 185 Å². The summed E-state index contributed by atoms with van der Waals surface area (Å²) in [5.74, 6) is -0.0322. The number of H-pyrrole nitrogens is 4. The molecular formula is C43H38N8O5. The number of rotatable bonds is 4. The van der Waals surface area contributed by atoms with E-state index >= 15 is 0 Å². The monoisotopic (exact) mass is 746 g/mol. The molecule has 10 rings (SSSR count). The summed E-state index contributed by atoms with van der Waals surface area (Å²) >= 11 is 0. The molecule has 8 N–H and O–H groups in total. The maximum absolute atomic E-state index is 13.9. The van der Waals surface area contributed by atoms with Gasteiger partial charge in [-0.15, -0.1) is 0 Å². The Kier molecular flexibility index (Phi) is 7.12. The predicted molar refractivity (Wildman–Crippen MR) is 219 cm³/mol. The Morgan fingerprint density at radius 2 is 1.07 bits per heavy atom. The van der Waals surface area contributed by atoms with Crippen LogP contribution < -0.4 is 20.4 Å². The highest BCUT2D eigenvalue weighted by Gasteiger charge is 2.36. The molecule has 4 amide bonds. The Balaban J connectivity index is 0.846. The summed E-state index contributed by atoms with van der Waals surface area (Å²) in [6.07, 6.45) is 3.74. The number of phenolic OH excluding ortho intramolecular Hbond substituents is 2. The molecule has 0 aliphatic carbocycles. The van der Waals surface area contributed by atoms with E-state index in [1.54, 1.807) is 58.3 Å². The summed E-state index contributed by atoms with van der Waals surface area (Å²) in [4.78, 5) is 57.1. The molecule has 13 heteroatoms. The first-order valence-corrected chi connectivity index (χ1v) is 18.6. The van der Waals surface area contributed by atoms with E-state index in [9.17, 15) is 24.6 Å². The first-order chi connectivity index (χ1) is 26.9. The number of urea groups is 1. The molecule has 0 saturated heterocycles. The summed E-state index contributed by atoms with van der Waals surface area (Å²) in [6, 6.07) is 17.2. The largest absolute Gasteiger partial charge is 0.506 e. The fraction of sp³-hybridized carbons (Fsp3) is 0.186. The van der Waals surface area contributed by atoms with E-state index < -0.39 is 6.03 Å². The number of phenols is 2. The molecule has 0 spiro atoms. The third-order valence-corrected chi connectivity index (χ3v) is 11.5. The van der Waals surface area contributed by atoms with Crippen molar-refractivity contribution < 1.29 is 24.6 Å². The Hall–Kier alpha value is -7.15. The number of amides is 4. The Morgan fingerprint density at radius 1 is 0.643 bits per heavy atom. The van der Waals surface area contributed by atoms with E-state index in [1.807, 2.05) is 38.4 Å². The van der Waals surface area contributed by atoms with Crippen LogP contribution in [0.1, 0.15) is 68.9 Å². The molecule has 2 aliphatic heterocycles. The van der Waals surface area contributed by atoms with E-state index in [4.69, 9.17) is 0 Å². The molecule has 2 aliphatic rings. The molecule has 0 saturated carbocycles. The third kappa shape index (κ3) is 4.96. The van der Waals surface area contributed by atoms with Gasteiger partial charge in [0, 0.05) is 93.4 Å². The Bertz CT molecular complexity index is 2800. The van der Waals surface area contributed by atoms with Crippen LogP contribution in [0.5, 0.6) is 11.5 Å². The lowest BCUT2D eigenvalue weighted by molar-refractivity contribution is 0.0977. The minimum Gasteiger partial charge on any atom is -0.506 e. The highest BCUT2D eigenvalue weighted by molar-refractivity contribution is 6.13. The SMILES string of the molecule is Cc1c[nH]c2c(O)cc3c(c12)C(C)CN3C(=O)c1cc2cc(NC(=O)Nc3ccc4[nH]c(C(=O)N5CC(C)c6c5cc(O)c5[nH]cc(C)c65)cc4c3)ccc2[nH]1. The zero-order valence-corrected chi connectivity index (χ0v) is 31.0. The number of anilines is 4. The quantitative estimate of drug-likeness (QED) is 0.0893. The second kappa shape index (κ2) is 11.9. The Morgan fingerprint density at radius 3 is 1.50 bits per heavy atom. The molecule has 2 unspecified atom stereocenters. The van der Waals surface area contributed by atoms with Gasteiger partial charge in [-0.3, -0.25) is 9.59 Å². The van der Waals surface area contributed by atoms with E-state index in [-0.39, 0.29) is 35.1 Å². The number of aromatic hydroxyl groups is 2. The van der Waals surface area contributed by atoms with E-state index in [2.05, 4.69) is 44.4 Å². The lowest BCUT2D eigenvalue weighted by atomic mass is 9.97. The number of carbonyl (C=O) groups excluding carboxylic acids is 3. The smallest absolute Gasteiger partial charge is 0.323 e. The standard InChI is InChI=1S/C43H38N8O5/c1-19-15-44-39-33(52)13-31-35(37(19)39)21(3)17-50(31)41(54)29-11-23-9-25(5-7-27(23)48-29)46-43(56)47-26-6-8-28-24(10-26)12-30(49-28)42(55)51-18-22(4)36-32(51)14-34(53)40-38(36)20(2)16-45-40/h5-16,21-22,44-45,48-49,52-53H,17-18H2,1-4H3,(H2,46,47,56). The molecule has 4 aromatic heterocycles. The van der Waals surface area contributed by atoms with Crippen LogP contribution in [0.25, 0.3) is 43.6 Å². The van der Waals surface area contributed by atoms with Crippen molar-refractivity contribution in [1.82, 2.24) is 19.9 Å². The molecule has 2 atom stereocenters. The summed E-state index contributed by atoms with van der Waals surface area (Å²) in [5.41, 5.74) is 10.3. The number of fused-ring (bicyclic) bond motifs is 8. The number of aryl methyl sites for hydroxylation is 2. The first kappa shape index (κ1) is 33.4. The second-order valence-corrected chi connectivity index (χ2v) is 15.3. The highest BCUT2D eigenvalue weighted by Crippen LogP contribution is 2.47. The van der Waals surface area contributed by atoms with Gasteiger partial charge in [-0.1, -0.05) is 13.8 Å². The van der Waals surface area contributed by atoms with Crippen LogP contribution in [0.15, 0.2) is 73.1 Å².